The number of imide groups is 1. The van der Waals surface area contributed by atoms with Gasteiger partial charge in [-0.2, -0.15) is 0 Å². The van der Waals surface area contributed by atoms with E-state index in [9.17, 15) is 14.4 Å². The molecule has 0 spiro atoms. The Balaban J connectivity index is 2.03. The maximum absolute atomic E-state index is 12.0. The molecule has 0 aromatic heterocycles. The molecule has 0 radical (unpaired) electrons. The summed E-state index contributed by atoms with van der Waals surface area (Å²) < 4.78 is 0.643. The topological polar surface area (TPSA) is 92.5 Å². The van der Waals surface area contributed by atoms with Crippen LogP contribution in [0.1, 0.15) is 25.7 Å². The van der Waals surface area contributed by atoms with E-state index >= 15 is 0 Å². The van der Waals surface area contributed by atoms with Gasteiger partial charge in [0.25, 0.3) is 0 Å². The number of halogens is 1. The molecular formula is C14H16BrN3O3. The highest BCUT2D eigenvalue weighted by atomic mass is 79.9. The fraction of sp³-hybridized carbons (Fsp3) is 0.357. The number of benzene rings is 1. The fourth-order valence-corrected chi connectivity index (χ4v) is 2.60. The monoisotopic (exact) mass is 353 g/mol. The van der Waals surface area contributed by atoms with Crippen LogP contribution < -0.4 is 11.1 Å². The van der Waals surface area contributed by atoms with Gasteiger partial charge in [0.2, 0.25) is 17.7 Å². The SMILES string of the molecule is Nc1ccc(NC(=O)CN2C(=O)CCCCC2=O)c(Br)c1. The van der Waals surface area contributed by atoms with Crippen molar-refractivity contribution >= 4 is 45.0 Å². The number of hydrogen-bond donors (Lipinski definition) is 2. The Morgan fingerprint density at radius 1 is 1.24 bits per heavy atom. The predicted molar refractivity (Wildman–Crippen MR) is 82.4 cm³/mol. The lowest BCUT2D eigenvalue weighted by atomic mass is 10.2. The largest absolute Gasteiger partial charge is 0.399 e. The molecular weight excluding hydrogens is 338 g/mol. The van der Waals surface area contributed by atoms with Crippen molar-refractivity contribution in [2.45, 2.75) is 25.7 Å². The van der Waals surface area contributed by atoms with Crippen molar-refractivity contribution in [2.24, 2.45) is 0 Å². The lowest BCUT2D eigenvalue weighted by Gasteiger charge is -2.18. The van der Waals surface area contributed by atoms with Crippen molar-refractivity contribution in [1.82, 2.24) is 4.90 Å². The van der Waals surface area contributed by atoms with Crippen molar-refractivity contribution < 1.29 is 14.4 Å². The van der Waals surface area contributed by atoms with Crippen LogP contribution in [0.3, 0.4) is 0 Å². The van der Waals surface area contributed by atoms with E-state index in [2.05, 4.69) is 21.2 Å². The molecule has 1 aromatic carbocycles. The van der Waals surface area contributed by atoms with Crippen molar-refractivity contribution in [3.05, 3.63) is 22.7 Å². The molecule has 0 aliphatic carbocycles. The predicted octanol–water partition coefficient (Wildman–Crippen LogP) is 1.90. The number of carbonyl (C=O) groups is 3. The highest BCUT2D eigenvalue weighted by Gasteiger charge is 2.26. The Kier molecular flexibility index (Phi) is 4.95. The number of hydrogen-bond acceptors (Lipinski definition) is 4. The molecule has 0 unspecified atom stereocenters. The lowest BCUT2D eigenvalue weighted by Crippen LogP contribution is -2.41. The molecule has 0 atom stereocenters. The minimum Gasteiger partial charge on any atom is -0.399 e. The van der Waals surface area contributed by atoms with Crippen LogP contribution in [-0.2, 0) is 14.4 Å². The van der Waals surface area contributed by atoms with Gasteiger partial charge < -0.3 is 11.1 Å². The van der Waals surface area contributed by atoms with Crippen molar-refractivity contribution in [3.8, 4) is 0 Å². The number of nitrogens with one attached hydrogen (secondary N) is 1. The molecule has 1 saturated heterocycles. The zero-order valence-corrected chi connectivity index (χ0v) is 13.0. The quantitative estimate of drug-likeness (QED) is 0.641. The lowest BCUT2D eigenvalue weighted by molar-refractivity contribution is -0.146. The number of anilines is 2. The Morgan fingerprint density at radius 2 is 1.86 bits per heavy atom. The molecule has 6 nitrogen and oxygen atoms in total. The number of amides is 3. The number of carbonyl (C=O) groups excluding carboxylic acids is 3. The summed E-state index contributed by atoms with van der Waals surface area (Å²) in [6.45, 7) is -0.255. The van der Waals surface area contributed by atoms with Gasteiger partial charge >= 0.3 is 0 Å². The summed E-state index contributed by atoms with van der Waals surface area (Å²) in [4.78, 5) is 36.7. The molecule has 112 valence electrons. The van der Waals surface area contributed by atoms with E-state index in [0.29, 0.717) is 41.5 Å². The second-order valence-electron chi connectivity index (χ2n) is 4.87. The number of likely N-dealkylation sites (tertiary alicyclic amines) is 1. The molecule has 1 heterocycles. The van der Waals surface area contributed by atoms with Crippen LogP contribution in [0.4, 0.5) is 11.4 Å². The minimum atomic E-state index is -0.413. The van der Waals surface area contributed by atoms with Crippen LogP contribution in [-0.4, -0.2) is 29.2 Å². The molecule has 2 rings (SSSR count). The molecule has 1 fully saturated rings. The van der Waals surface area contributed by atoms with E-state index in [1.54, 1.807) is 18.2 Å². The van der Waals surface area contributed by atoms with Gasteiger partial charge in [-0.1, -0.05) is 0 Å². The Morgan fingerprint density at radius 3 is 2.43 bits per heavy atom. The molecule has 1 aliphatic rings. The average Bonchev–Trinajstić information content (AvgIpc) is 2.57. The third-order valence-corrected chi connectivity index (χ3v) is 3.86. The summed E-state index contributed by atoms with van der Waals surface area (Å²) in [5, 5.41) is 2.66. The number of rotatable bonds is 3. The smallest absolute Gasteiger partial charge is 0.244 e. The molecule has 21 heavy (non-hydrogen) atoms. The summed E-state index contributed by atoms with van der Waals surface area (Å²) >= 11 is 3.29. The third-order valence-electron chi connectivity index (χ3n) is 3.20. The molecule has 0 bridgehead atoms. The highest BCUT2D eigenvalue weighted by molar-refractivity contribution is 9.10. The molecule has 3 amide bonds. The van der Waals surface area contributed by atoms with Gasteiger partial charge in [0.1, 0.15) is 6.54 Å². The van der Waals surface area contributed by atoms with Crippen LogP contribution in [0, 0.1) is 0 Å². The number of nitrogen functional groups attached to an aromatic ring is 1. The fourth-order valence-electron chi connectivity index (χ4n) is 2.10. The van der Waals surface area contributed by atoms with E-state index in [0.717, 1.165) is 4.90 Å². The van der Waals surface area contributed by atoms with Gasteiger partial charge in [-0.15, -0.1) is 0 Å². The van der Waals surface area contributed by atoms with Crippen LogP contribution >= 0.6 is 15.9 Å². The maximum atomic E-state index is 12.0. The molecule has 1 aliphatic heterocycles. The van der Waals surface area contributed by atoms with Gasteiger partial charge in [-0.25, -0.2) is 0 Å². The first-order chi connectivity index (χ1) is 9.97. The van der Waals surface area contributed by atoms with Gasteiger partial charge in [0, 0.05) is 23.0 Å². The van der Waals surface area contributed by atoms with Crippen molar-refractivity contribution in [2.75, 3.05) is 17.6 Å². The summed E-state index contributed by atoms with van der Waals surface area (Å²) in [7, 11) is 0. The van der Waals surface area contributed by atoms with Gasteiger partial charge in [-0.3, -0.25) is 19.3 Å². The van der Waals surface area contributed by atoms with E-state index in [-0.39, 0.29) is 18.4 Å². The van der Waals surface area contributed by atoms with Crippen LogP contribution in [0.15, 0.2) is 22.7 Å². The minimum absolute atomic E-state index is 0.255. The van der Waals surface area contributed by atoms with Crippen molar-refractivity contribution in [1.29, 1.82) is 0 Å². The Labute approximate surface area is 130 Å². The first-order valence-corrected chi connectivity index (χ1v) is 7.45. The normalized spacial score (nSPS) is 15.8. The zero-order valence-electron chi connectivity index (χ0n) is 11.4. The summed E-state index contributed by atoms with van der Waals surface area (Å²) in [5.74, 6) is -0.989. The van der Waals surface area contributed by atoms with Gasteiger partial charge in [-0.05, 0) is 47.0 Å². The number of nitrogens with two attached hydrogens (primary N) is 1. The first-order valence-electron chi connectivity index (χ1n) is 6.65. The average molecular weight is 354 g/mol. The van der Waals surface area contributed by atoms with Gasteiger partial charge in [0.05, 0.1) is 5.69 Å². The van der Waals surface area contributed by atoms with E-state index in [4.69, 9.17) is 5.73 Å². The Bertz CT molecular complexity index is 571. The van der Waals surface area contributed by atoms with Crippen molar-refractivity contribution in [3.63, 3.8) is 0 Å². The zero-order chi connectivity index (χ0) is 15.4. The molecule has 0 saturated carbocycles. The second-order valence-corrected chi connectivity index (χ2v) is 5.72. The first kappa shape index (κ1) is 15.5. The van der Waals surface area contributed by atoms with Crippen LogP contribution in [0.2, 0.25) is 0 Å². The maximum Gasteiger partial charge on any atom is 0.244 e. The van der Waals surface area contributed by atoms with Gasteiger partial charge in [0.15, 0.2) is 0 Å². The third kappa shape index (κ3) is 4.04. The standard InChI is InChI=1S/C14H16BrN3O3/c15-10-7-9(16)5-6-11(10)17-12(19)8-18-13(20)3-1-2-4-14(18)21/h5-7H,1-4,8,16H2,(H,17,19). The highest BCUT2D eigenvalue weighted by Crippen LogP contribution is 2.24. The number of nitrogens with zero attached hydrogens (tertiary/aromatic N) is 1. The second kappa shape index (κ2) is 6.71. The summed E-state index contributed by atoms with van der Waals surface area (Å²) in [6.07, 6.45) is 1.99. The Hall–Kier alpha value is -1.89. The molecule has 1 aromatic rings. The van der Waals surface area contributed by atoms with Crippen LogP contribution in [0.25, 0.3) is 0 Å². The summed E-state index contributed by atoms with van der Waals surface area (Å²) in [6, 6.07) is 4.98. The van der Waals surface area contributed by atoms with E-state index in [1.807, 2.05) is 0 Å². The van der Waals surface area contributed by atoms with E-state index < -0.39 is 5.91 Å². The van der Waals surface area contributed by atoms with Crippen LogP contribution in [0.5, 0.6) is 0 Å². The van der Waals surface area contributed by atoms with E-state index in [1.165, 1.54) is 0 Å². The molecule has 7 heteroatoms. The molecule has 3 N–H and O–H groups in total. The summed E-state index contributed by atoms with van der Waals surface area (Å²) in [5.41, 5.74) is 6.73.